The van der Waals surface area contributed by atoms with E-state index in [0.29, 0.717) is 29.7 Å². The third-order valence-electron chi connectivity index (χ3n) is 4.57. The van der Waals surface area contributed by atoms with Crippen LogP contribution in [0.1, 0.15) is 18.4 Å². The number of carbonyl (C=O) groups excluding carboxylic acids is 2. The topological polar surface area (TPSA) is 61.4 Å². The number of nitrogens with zero attached hydrogens (tertiary/aromatic N) is 1. The fourth-order valence-electron chi connectivity index (χ4n) is 3.09. The molecule has 0 bridgehead atoms. The summed E-state index contributed by atoms with van der Waals surface area (Å²) in [5.74, 6) is -0.301. The van der Waals surface area contributed by atoms with Crippen LogP contribution in [-0.2, 0) is 11.3 Å². The van der Waals surface area contributed by atoms with Crippen molar-refractivity contribution in [2.24, 2.45) is 5.92 Å². The molecule has 1 aliphatic heterocycles. The van der Waals surface area contributed by atoms with Crippen molar-refractivity contribution in [3.05, 3.63) is 64.1 Å². The minimum atomic E-state index is -0.230. The Kier molecular flexibility index (Phi) is 6.58. The summed E-state index contributed by atoms with van der Waals surface area (Å²) in [6, 6.07) is 14.3. The summed E-state index contributed by atoms with van der Waals surface area (Å²) in [7, 11) is 0. The molecular weight excluding hydrogens is 385 g/mol. The molecule has 5 nitrogen and oxygen atoms in total. The quantitative estimate of drug-likeness (QED) is 0.783. The van der Waals surface area contributed by atoms with Gasteiger partial charge in [-0.25, -0.2) is 4.79 Å². The molecule has 27 heavy (non-hydrogen) atoms. The van der Waals surface area contributed by atoms with E-state index in [-0.39, 0.29) is 17.9 Å². The molecule has 0 saturated carbocycles. The lowest BCUT2D eigenvalue weighted by molar-refractivity contribution is -0.126. The van der Waals surface area contributed by atoms with Crippen molar-refractivity contribution in [1.82, 2.24) is 10.2 Å². The molecule has 3 amide bonds. The molecule has 0 aliphatic carbocycles. The number of para-hydroxylation sites is 1. The highest BCUT2D eigenvalue weighted by Gasteiger charge is 2.28. The lowest BCUT2D eigenvalue weighted by Gasteiger charge is -2.32. The van der Waals surface area contributed by atoms with Crippen molar-refractivity contribution in [2.45, 2.75) is 19.4 Å². The molecule has 0 aromatic heterocycles. The Bertz CT molecular complexity index is 814. The third-order valence-corrected chi connectivity index (χ3v) is 5.16. The number of piperidine rings is 1. The van der Waals surface area contributed by atoms with Crippen molar-refractivity contribution >= 4 is 40.8 Å². The average Bonchev–Trinajstić information content (AvgIpc) is 2.68. The van der Waals surface area contributed by atoms with Crippen LogP contribution in [0.4, 0.5) is 10.5 Å². The average molecular weight is 406 g/mol. The Balaban J connectivity index is 1.53. The van der Waals surface area contributed by atoms with Gasteiger partial charge in [-0.05, 0) is 42.7 Å². The molecule has 0 spiro atoms. The molecule has 2 N–H and O–H groups in total. The molecule has 1 fully saturated rings. The maximum absolute atomic E-state index is 12.5. The van der Waals surface area contributed by atoms with E-state index in [9.17, 15) is 9.59 Å². The molecule has 0 radical (unpaired) electrons. The van der Waals surface area contributed by atoms with Crippen molar-refractivity contribution in [2.75, 3.05) is 18.4 Å². The summed E-state index contributed by atoms with van der Waals surface area (Å²) >= 11 is 12.0. The standard InChI is InChI=1S/C20H21Cl2N3O2/c21-16-9-8-14(18(22)11-16)12-23-19(26)15-5-4-10-25(13-15)20(27)24-17-6-2-1-3-7-17/h1-3,6-9,11,15H,4-5,10,12-13H2,(H,23,26)(H,24,27)/t15-/m1/s1. The summed E-state index contributed by atoms with van der Waals surface area (Å²) in [5, 5.41) is 6.86. The molecule has 142 valence electrons. The van der Waals surface area contributed by atoms with Gasteiger partial charge in [0.2, 0.25) is 5.91 Å². The van der Waals surface area contributed by atoms with Crippen LogP contribution < -0.4 is 10.6 Å². The van der Waals surface area contributed by atoms with Gasteiger partial charge in [-0.3, -0.25) is 4.79 Å². The summed E-state index contributed by atoms with van der Waals surface area (Å²) in [6.07, 6.45) is 1.55. The van der Waals surface area contributed by atoms with Crippen molar-refractivity contribution < 1.29 is 9.59 Å². The number of hydrogen-bond acceptors (Lipinski definition) is 2. The van der Waals surface area contributed by atoms with E-state index in [4.69, 9.17) is 23.2 Å². The molecule has 2 aromatic carbocycles. The van der Waals surface area contributed by atoms with Gasteiger partial charge in [0.25, 0.3) is 0 Å². The SMILES string of the molecule is O=C(NCc1ccc(Cl)cc1Cl)[C@@H]1CCCN(C(=O)Nc2ccccc2)C1. The number of benzene rings is 2. The number of hydrogen-bond donors (Lipinski definition) is 2. The lowest BCUT2D eigenvalue weighted by atomic mass is 9.97. The van der Waals surface area contributed by atoms with Crippen LogP contribution in [0.15, 0.2) is 48.5 Å². The molecular formula is C20H21Cl2N3O2. The van der Waals surface area contributed by atoms with Crippen LogP contribution in [0.5, 0.6) is 0 Å². The maximum Gasteiger partial charge on any atom is 0.321 e. The van der Waals surface area contributed by atoms with Crippen LogP contribution in [0, 0.1) is 5.92 Å². The Hall–Kier alpha value is -2.24. The number of rotatable bonds is 4. The van der Waals surface area contributed by atoms with Gasteiger partial charge < -0.3 is 15.5 Å². The second kappa shape index (κ2) is 9.11. The maximum atomic E-state index is 12.5. The van der Waals surface area contributed by atoms with Gasteiger partial charge in [0.15, 0.2) is 0 Å². The molecule has 1 saturated heterocycles. The summed E-state index contributed by atoms with van der Waals surface area (Å²) in [5.41, 5.74) is 1.55. The van der Waals surface area contributed by atoms with E-state index >= 15 is 0 Å². The normalized spacial score (nSPS) is 16.7. The molecule has 1 atom stereocenters. The summed E-state index contributed by atoms with van der Waals surface area (Å²) in [4.78, 5) is 26.7. The Morgan fingerprint density at radius 3 is 2.63 bits per heavy atom. The number of nitrogens with one attached hydrogen (secondary N) is 2. The summed E-state index contributed by atoms with van der Waals surface area (Å²) < 4.78 is 0. The van der Waals surface area contributed by atoms with E-state index in [1.807, 2.05) is 30.3 Å². The number of carbonyl (C=O) groups is 2. The lowest BCUT2D eigenvalue weighted by Crippen LogP contribution is -2.46. The molecule has 2 aromatic rings. The van der Waals surface area contributed by atoms with Gasteiger partial charge in [0.1, 0.15) is 0 Å². The number of likely N-dealkylation sites (tertiary alicyclic amines) is 1. The van der Waals surface area contributed by atoms with Crippen LogP contribution in [0.3, 0.4) is 0 Å². The second-order valence-corrected chi connectivity index (χ2v) is 7.38. The molecule has 1 heterocycles. The van der Waals surface area contributed by atoms with E-state index in [1.165, 1.54) is 0 Å². The van der Waals surface area contributed by atoms with Crippen LogP contribution >= 0.6 is 23.2 Å². The molecule has 3 rings (SSSR count). The Morgan fingerprint density at radius 1 is 1.11 bits per heavy atom. The zero-order chi connectivity index (χ0) is 19.2. The van der Waals surface area contributed by atoms with Gasteiger partial charge in [0, 0.05) is 35.4 Å². The van der Waals surface area contributed by atoms with E-state index in [2.05, 4.69) is 10.6 Å². The van der Waals surface area contributed by atoms with Crippen LogP contribution in [0.25, 0.3) is 0 Å². The minimum absolute atomic E-state index is 0.0711. The van der Waals surface area contributed by atoms with Gasteiger partial charge in [-0.1, -0.05) is 47.5 Å². The Labute approximate surface area is 168 Å². The fraction of sp³-hybridized carbons (Fsp3) is 0.300. The van der Waals surface area contributed by atoms with Crippen molar-refractivity contribution in [3.8, 4) is 0 Å². The zero-order valence-corrected chi connectivity index (χ0v) is 16.3. The molecule has 1 aliphatic rings. The highest BCUT2D eigenvalue weighted by molar-refractivity contribution is 6.35. The van der Waals surface area contributed by atoms with Crippen molar-refractivity contribution in [1.29, 1.82) is 0 Å². The zero-order valence-electron chi connectivity index (χ0n) is 14.8. The first kappa shape index (κ1) is 19.5. The van der Waals surface area contributed by atoms with E-state index in [0.717, 1.165) is 24.1 Å². The highest BCUT2D eigenvalue weighted by Crippen LogP contribution is 2.22. The smallest absolute Gasteiger partial charge is 0.321 e. The second-order valence-electron chi connectivity index (χ2n) is 6.53. The minimum Gasteiger partial charge on any atom is -0.352 e. The third kappa shape index (κ3) is 5.37. The predicted molar refractivity (Wildman–Crippen MR) is 108 cm³/mol. The molecule has 7 heteroatoms. The highest BCUT2D eigenvalue weighted by atomic mass is 35.5. The summed E-state index contributed by atoms with van der Waals surface area (Å²) in [6.45, 7) is 1.38. The number of urea groups is 1. The van der Waals surface area contributed by atoms with Gasteiger partial charge >= 0.3 is 6.03 Å². The number of halogens is 2. The number of anilines is 1. The van der Waals surface area contributed by atoms with Crippen molar-refractivity contribution in [3.63, 3.8) is 0 Å². The number of amides is 3. The van der Waals surface area contributed by atoms with Gasteiger partial charge in [-0.2, -0.15) is 0 Å². The largest absolute Gasteiger partial charge is 0.352 e. The van der Waals surface area contributed by atoms with Crippen LogP contribution in [0.2, 0.25) is 10.0 Å². The predicted octanol–water partition coefficient (Wildman–Crippen LogP) is 4.55. The van der Waals surface area contributed by atoms with E-state index < -0.39 is 0 Å². The van der Waals surface area contributed by atoms with E-state index in [1.54, 1.807) is 23.1 Å². The van der Waals surface area contributed by atoms with Crippen LogP contribution in [-0.4, -0.2) is 29.9 Å². The van der Waals surface area contributed by atoms with Gasteiger partial charge in [-0.15, -0.1) is 0 Å². The fourth-order valence-corrected chi connectivity index (χ4v) is 3.57. The first-order chi connectivity index (χ1) is 13.0. The Morgan fingerprint density at radius 2 is 1.89 bits per heavy atom. The van der Waals surface area contributed by atoms with Gasteiger partial charge in [0.05, 0.1) is 5.92 Å². The monoisotopic (exact) mass is 405 g/mol. The first-order valence-electron chi connectivity index (χ1n) is 8.85. The first-order valence-corrected chi connectivity index (χ1v) is 9.61. The molecule has 0 unspecified atom stereocenters.